The number of halogens is 2. The SMILES string of the molecule is O=S(=O)(F)c1ccc(N=Nc2ccc(O)c3cccc(NS(=O)(=O)c4cccc(S(=O)(=O)F)c4)c23)cc1. The number of nitrogens with zero attached hydrogens (tertiary/aromatic N) is 2. The topological polar surface area (TPSA) is 159 Å². The molecule has 10 nitrogen and oxygen atoms in total. The molecule has 0 amide bonds. The van der Waals surface area contributed by atoms with E-state index in [0.717, 1.165) is 30.3 Å². The van der Waals surface area contributed by atoms with Crippen molar-refractivity contribution in [3.63, 3.8) is 0 Å². The second-order valence-electron chi connectivity index (χ2n) is 7.48. The first-order chi connectivity index (χ1) is 17.3. The Morgan fingerprint density at radius 3 is 1.95 bits per heavy atom. The normalized spacial score (nSPS) is 12.7. The average Bonchev–Trinajstić information content (AvgIpc) is 2.83. The first-order valence-corrected chi connectivity index (χ1v) is 14.3. The third kappa shape index (κ3) is 5.73. The van der Waals surface area contributed by atoms with Crippen LogP contribution in [-0.2, 0) is 30.5 Å². The van der Waals surface area contributed by atoms with Gasteiger partial charge in [0.2, 0.25) is 0 Å². The molecule has 192 valence electrons. The van der Waals surface area contributed by atoms with Crippen LogP contribution in [0.2, 0.25) is 0 Å². The van der Waals surface area contributed by atoms with Gasteiger partial charge in [-0.1, -0.05) is 18.2 Å². The van der Waals surface area contributed by atoms with E-state index in [1.165, 1.54) is 42.5 Å². The highest BCUT2D eigenvalue weighted by Gasteiger charge is 2.21. The predicted molar refractivity (Wildman–Crippen MR) is 130 cm³/mol. The fraction of sp³-hybridized carbons (Fsp3) is 0. The molecule has 2 N–H and O–H groups in total. The number of phenols is 1. The minimum atomic E-state index is -5.16. The van der Waals surface area contributed by atoms with Crippen LogP contribution in [0.15, 0.2) is 104 Å². The minimum absolute atomic E-state index is 0.0604. The average molecular weight is 568 g/mol. The van der Waals surface area contributed by atoms with E-state index in [-0.39, 0.29) is 33.6 Å². The zero-order valence-corrected chi connectivity index (χ0v) is 20.7. The summed E-state index contributed by atoms with van der Waals surface area (Å²) in [6.45, 7) is 0. The third-order valence-electron chi connectivity index (χ3n) is 5.03. The monoisotopic (exact) mass is 567 g/mol. The first kappa shape index (κ1) is 26.1. The molecule has 0 saturated carbocycles. The fourth-order valence-electron chi connectivity index (χ4n) is 3.32. The van der Waals surface area contributed by atoms with Crippen LogP contribution in [0, 0.1) is 0 Å². The molecule has 4 aromatic carbocycles. The molecule has 0 saturated heterocycles. The smallest absolute Gasteiger partial charge is 0.332 e. The number of phenolic OH excluding ortho intramolecular Hbond substituents is 1. The van der Waals surface area contributed by atoms with Gasteiger partial charge in [0.05, 0.1) is 31.7 Å². The van der Waals surface area contributed by atoms with Crippen LogP contribution >= 0.6 is 0 Å². The summed E-state index contributed by atoms with van der Waals surface area (Å²) in [6, 6.07) is 15.0. The van der Waals surface area contributed by atoms with Crippen molar-refractivity contribution < 1.29 is 38.1 Å². The predicted octanol–water partition coefficient (Wildman–Crippen LogP) is 5.08. The summed E-state index contributed by atoms with van der Waals surface area (Å²) in [7, 11) is -14.5. The molecule has 0 aliphatic heterocycles. The van der Waals surface area contributed by atoms with Crippen LogP contribution in [-0.4, -0.2) is 30.4 Å². The zero-order chi connectivity index (χ0) is 27.0. The number of benzene rings is 4. The van der Waals surface area contributed by atoms with Gasteiger partial charge in [-0.25, -0.2) is 8.42 Å². The zero-order valence-electron chi connectivity index (χ0n) is 18.3. The molecule has 4 rings (SSSR count). The molecule has 0 aliphatic rings. The van der Waals surface area contributed by atoms with Gasteiger partial charge in [0.1, 0.15) is 5.75 Å². The van der Waals surface area contributed by atoms with Crippen LogP contribution in [0.5, 0.6) is 5.75 Å². The van der Waals surface area contributed by atoms with Crippen molar-refractivity contribution in [2.45, 2.75) is 14.7 Å². The van der Waals surface area contributed by atoms with E-state index in [9.17, 15) is 38.1 Å². The number of sulfonamides is 1. The van der Waals surface area contributed by atoms with E-state index >= 15 is 0 Å². The van der Waals surface area contributed by atoms with Crippen LogP contribution in [0.25, 0.3) is 10.8 Å². The van der Waals surface area contributed by atoms with Gasteiger partial charge in [0.15, 0.2) is 0 Å². The Bertz CT molecular complexity index is 1880. The Morgan fingerprint density at radius 1 is 0.676 bits per heavy atom. The Hall–Kier alpha value is -3.95. The van der Waals surface area contributed by atoms with Crippen molar-refractivity contribution in [3.05, 3.63) is 78.9 Å². The number of fused-ring (bicyclic) bond motifs is 1. The maximum absolute atomic E-state index is 13.4. The molecule has 37 heavy (non-hydrogen) atoms. The van der Waals surface area contributed by atoms with E-state index in [0.29, 0.717) is 6.07 Å². The maximum atomic E-state index is 13.4. The number of nitrogens with one attached hydrogen (secondary N) is 1. The van der Waals surface area contributed by atoms with Gasteiger partial charge < -0.3 is 5.11 Å². The lowest BCUT2D eigenvalue weighted by Crippen LogP contribution is -2.13. The Labute approximate surface area is 210 Å². The molecule has 4 aromatic rings. The van der Waals surface area contributed by atoms with Gasteiger partial charge in [-0.05, 0) is 60.7 Å². The highest BCUT2D eigenvalue weighted by Crippen LogP contribution is 2.39. The highest BCUT2D eigenvalue weighted by atomic mass is 32.3. The van der Waals surface area contributed by atoms with Gasteiger partial charge in [-0.2, -0.15) is 21.9 Å². The van der Waals surface area contributed by atoms with Crippen LogP contribution in [0.1, 0.15) is 0 Å². The minimum Gasteiger partial charge on any atom is -0.507 e. The largest absolute Gasteiger partial charge is 0.507 e. The van der Waals surface area contributed by atoms with E-state index in [2.05, 4.69) is 15.0 Å². The van der Waals surface area contributed by atoms with Gasteiger partial charge in [-0.3, -0.25) is 4.72 Å². The third-order valence-corrected chi connectivity index (χ3v) is 8.04. The molecule has 0 bridgehead atoms. The van der Waals surface area contributed by atoms with E-state index in [4.69, 9.17) is 0 Å². The number of aromatic hydroxyl groups is 1. The molecule has 0 aliphatic carbocycles. The molecule has 0 unspecified atom stereocenters. The molecule has 15 heteroatoms. The molecule has 0 heterocycles. The Kier molecular flexibility index (Phi) is 6.70. The van der Waals surface area contributed by atoms with Crippen molar-refractivity contribution in [2.75, 3.05) is 4.72 Å². The van der Waals surface area contributed by atoms with Crippen LogP contribution in [0.4, 0.5) is 24.8 Å². The van der Waals surface area contributed by atoms with Crippen LogP contribution in [0.3, 0.4) is 0 Å². The second kappa shape index (κ2) is 9.49. The van der Waals surface area contributed by atoms with Gasteiger partial charge in [0, 0.05) is 10.8 Å². The fourth-order valence-corrected chi connectivity index (χ4v) is 5.49. The lowest BCUT2D eigenvalue weighted by atomic mass is 10.1. The molecule has 0 spiro atoms. The summed E-state index contributed by atoms with van der Waals surface area (Å²) in [6.07, 6.45) is 0. The van der Waals surface area contributed by atoms with Crippen molar-refractivity contribution in [1.82, 2.24) is 0 Å². The van der Waals surface area contributed by atoms with Crippen molar-refractivity contribution in [1.29, 1.82) is 0 Å². The molecular weight excluding hydrogens is 552 g/mol. The number of rotatable bonds is 7. The van der Waals surface area contributed by atoms with Gasteiger partial charge in [0.25, 0.3) is 10.0 Å². The Balaban J connectivity index is 1.77. The Morgan fingerprint density at radius 2 is 1.30 bits per heavy atom. The maximum Gasteiger partial charge on any atom is 0.332 e. The summed E-state index contributed by atoms with van der Waals surface area (Å²) >= 11 is 0. The quantitative estimate of drug-likeness (QED) is 0.233. The van der Waals surface area contributed by atoms with Crippen molar-refractivity contribution >= 4 is 58.3 Å². The molecule has 0 atom stereocenters. The van der Waals surface area contributed by atoms with E-state index in [1.807, 2.05) is 0 Å². The molecule has 0 radical (unpaired) electrons. The van der Waals surface area contributed by atoms with E-state index in [1.54, 1.807) is 0 Å². The summed E-state index contributed by atoms with van der Waals surface area (Å²) in [4.78, 5) is -1.94. The van der Waals surface area contributed by atoms with Crippen molar-refractivity contribution in [3.8, 4) is 5.75 Å². The number of hydrogen-bond acceptors (Lipinski definition) is 9. The highest BCUT2D eigenvalue weighted by molar-refractivity contribution is 7.92. The molecule has 0 aromatic heterocycles. The molecular formula is C22H15F2N3O7S3. The molecule has 0 fully saturated rings. The van der Waals surface area contributed by atoms with Crippen molar-refractivity contribution in [2.24, 2.45) is 10.2 Å². The summed E-state index contributed by atoms with van der Waals surface area (Å²) in [5.41, 5.74) is 0.180. The number of hydrogen-bond donors (Lipinski definition) is 2. The lowest BCUT2D eigenvalue weighted by molar-refractivity contribution is 0.481. The summed E-state index contributed by atoms with van der Waals surface area (Å²) < 4.78 is 99.1. The lowest BCUT2D eigenvalue weighted by Gasteiger charge is -2.13. The van der Waals surface area contributed by atoms with Crippen LogP contribution < -0.4 is 4.72 Å². The number of azo groups is 1. The summed E-state index contributed by atoms with van der Waals surface area (Å²) in [5, 5.41) is 18.6. The summed E-state index contributed by atoms with van der Waals surface area (Å²) in [5.74, 6) is -0.210. The second-order valence-corrected chi connectivity index (χ2v) is 11.9. The van der Waals surface area contributed by atoms with E-state index < -0.39 is 45.2 Å². The number of anilines is 1. The van der Waals surface area contributed by atoms with Gasteiger partial charge >= 0.3 is 20.4 Å². The first-order valence-electron chi connectivity index (χ1n) is 10.0. The standard InChI is InChI=1S/C22H15F2N3O7S3/c23-35(29,30)15-9-7-14(8-10-15)25-26-19-11-12-21(28)18-5-2-6-20(22(18)19)27-37(33,34)17-4-1-3-16(13-17)36(24,31)32/h1-13,27-28H. The van der Waals surface area contributed by atoms with Gasteiger partial charge in [-0.15, -0.1) is 12.9 Å².